The first-order valence-corrected chi connectivity index (χ1v) is 8.41. The smallest absolute Gasteiger partial charge is 0.228 e. The van der Waals surface area contributed by atoms with Crippen LogP contribution in [0.15, 0.2) is 48.5 Å². The molecule has 0 saturated heterocycles. The van der Waals surface area contributed by atoms with Gasteiger partial charge in [-0.2, -0.15) is 0 Å². The van der Waals surface area contributed by atoms with Gasteiger partial charge in [-0.15, -0.1) is 0 Å². The fraction of sp³-hybridized carbons (Fsp3) is 0.316. The molecule has 4 heteroatoms. The molecule has 2 aromatic carbocycles. The lowest BCUT2D eigenvalue weighted by Gasteiger charge is -2.08. The van der Waals surface area contributed by atoms with Crippen LogP contribution in [0.1, 0.15) is 30.4 Å². The molecule has 0 radical (unpaired) electrons. The summed E-state index contributed by atoms with van der Waals surface area (Å²) in [7, 11) is 0. The van der Waals surface area contributed by atoms with E-state index in [0.29, 0.717) is 5.92 Å². The molecule has 2 aromatic rings. The Morgan fingerprint density at radius 2 is 2.04 bits per heavy atom. The molecule has 2 N–H and O–H groups in total. The topological polar surface area (TPSA) is 41.1 Å². The van der Waals surface area contributed by atoms with E-state index < -0.39 is 0 Å². The lowest BCUT2D eigenvalue weighted by molar-refractivity contribution is -0.117. The quantitative estimate of drug-likeness (QED) is 0.834. The first-order valence-electron chi connectivity index (χ1n) is 8.03. The molecule has 0 aliphatic heterocycles. The Labute approximate surface area is 142 Å². The second kappa shape index (κ2) is 7.16. The molecule has 1 saturated carbocycles. The molecule has 1 fully saturated rings. The van der Waals surface area contributed by atoms with Crippen molar-refractivity contribution in [1.29, 1.82) is 0 Å². The van der Waals surface area contributed by atoms with Crippen molar-refractivity contribution >= 4 is 23.2 Å². The van der Waals surface area contributed by atoms with E-state index in [0.717, 1.165) is 35.8 Å². The van der Waals surface area contributed by atoms with Crippen LogP contribution in [-0.2, 0) is 11.3 Å². The van der Waals surface area contributed by atoms with Crippen molar-refractivity contribution in [3.63, 3.8) is 0 Å². The minimum absolute atomic E-state index is 0.0471. The number of carbonyl (C=O) groups excluding carboxylic acids is 1. The van der Waals surface area contributed by atoms with E-state index in [1.807, 2.05) is 42.5 Å². The summed E-state index contributed by atoms with van der Waals surface area (Å²) in [4.78, 5) is 12.4. The van der Waals surface area contributed by atoms with E-state index in [4.69, 9.17) is 11.6 Å². The maximum Gasteiger partial charge on any atom is 0.228 e. The van der Waals surface area contributed by atoms with Crippen LogP contribution in [-0.4, -0.2) is 12.5 Å². The molecule has 1 aliphatic carbocycles. The van der Waals surface area contributed by atoms with Crippen molar-refractivity contribution in [1.82, 2.24) is 5.32 Å². The first-order chi connectivity index (χ1) is 11.2. The summed E-state index contributed by atoms with van der Waals surface area (Å²) >= 11 is 6.03. The molecule has 0 heterocycles. The number of anilines is 1. The number of hydrogen-bond donors (Lipinski definition) is 2. The van der Waals surface area contributed by atoms with Gasteiger partial charge in [0.2, 0.25) is 5.91 Å². The minimum atomic E-state index is 0.0471. The monoisotopic (exact) mass is 328 g/mol. The molecule has 0 aromatic heterocycles. The first kappa shape index (κ1) is 16.0. The minimum Gasteiger partial charge on any atom is -0.326 e. The van der Waals surface area contributed by atoms with Crippen molar-refractivity contribution in [3.8, 4) is 0 Å². The zero-order valence-corrected chi connectivity index (χ0v) is 13.9. The molecule has 3 nitrogen and oxygen atoms in total. The van der Waals surface area contributed by atoms with Crippen molar-refractivity contribution in [2.75, 3.05) is 11.9 Å². The molecular formula is C19H21ClN2O. The van der Waals surface area contributed by atoms with Gasteiger partial charge in [-0.05, 0) is 54.3 Å². The summed E-state index contributed by atoms with van der Waals surface area (Å²) in [5.74, 6) is 0.431. The van der Waals surface area contributed by atoms with Crippen molar-refractivity contribution in [3.05, 3.63) is 64.7 Å². The summed E-state index contributed by atoms with van der Waals surface area (Å²) in [6, 6.07) is 15.8. The number of rotatable bonds is 6. The zero-order chi connectivity index (χ0) is 16.2. The maximum atomic E-state index is 12.4. The van der Waals surface area contributed by atoms with Crippen molar-refractivity contribution < 1.29 is 4.79 Å². The number of carbonyl (C=O) groups is 1. The average Bonchev–Trinajstić information content (AvgIpc) is 3.34. The van der Waals surface area contributed by atoms with Crippen LogP contribution >= 0.6 is 11.6 Å². The van der Waals surface area contributed by atoms with Crippen molar-refractivity contribution in [2.45, 2.75) is 25.8 Å². The van der Waals surface area contributed by atoms with Gasteiger partial charge in [0, 0.05) is 23.2 Å². The standard InChI is InChI=1S/C19H21ClN2O/c1-2-21-12-13-5-3-8-16(9-13)22-19(23)18-11-17(18)14-6-4-7-15(20)10-14/h3-10,17-18,21H,2,11-12H2,1H3,(H,22,23). The summed E-state index contributed by atoms with van der Waals surface area (Å²) in [5, 5.41) is 7.05. The molecule has 0 bridgehead atoms. The van der Waals surface area contributed by atoms with Crippen LogP contribution in [0.3, 0.4) is 0 Å². The molecule has 2 atom stereocenters. The number of amides is 1. The van der Waals surface area contributed by atoms with E-state index >= 15 is 0 Å². The predicted octanol–water partition coefficient (Wildman–Crippen LogP) is 4.19. The molecule has 120 valence electrons. The van der Waals surface area contributed by atoms with Gasteiger partial charge < -0.3 is 10.6 Å². The fourth-order valence-electron chi connectivity index (χ4n) is 2.85. The summed E-state index contributed by atoms with van der Waals surface area (Å²) < 4.78 is 0. The lowest BCUT2D eigenvalue weighted by atomic mass is 10.1. The van der Waals surface area contributed by atoms with E-state index in [1.54, 1.807) is 0 Å². The largest absolute Gasteiger partial charge is 0.326 e. The van der Waals surface area contributed by atoms with E-state index in [9.17, 15) is 4.79 Å². The third kappa shape index (κ3) is 4.12. The Morgan fingerprint density at radius 3 is 2.83 bits per heavy atom. The summed E-state index contributed by atoms with van der Waals surface area (Å²) in [5.41, 5.74) is 3.19. The highest BCUT2D eigenvalue weighted by Gasteiger charge is 2.43. The van der Waals surface area contributed by atoms with Gasteiger partial charge in [0.05, 0.1) is 0 Å². The van der Waals surface area contributed by atoms with Gasteiger partial charge in [0.25, 0.3) is 0 Å². The van der Waals surface area contributed by atoms with Crippen LogP contribution in [0.25, 0.3) is 0 Å². The number of halogens is 1. The highest BCUT2D eigenvalue weighted by Crippen LogP contribution is 2.48. The molecule has 1 amide bonds. The Morgan fingerprint density at radius 1 is 1.22 bits per heavy atom. The van der Waals surface area contributed by atoms with E-state index in [1.165, 1.54) is 5.56 Å². The van der Waals surface area contributed by atoms with Crippen LogP contribution in [0.4, 0.5) is 5.69 Å². The molecule has 3 rings (SSSR count). The highest BCUT2D eigenvalue weighted by atomic mass is 35.5. The predicted molar refractivity (Wildman–Crippen MR) is 94.8 cm³/mol. The van der Waals surface area contributed by atoms with Crippen LogP contribution < -0.4 is 10.6 Å². The van der Waals surface area contributed by atoms with Gasteiger partial charge >= 0.3 is 0 Å². The lowest BCUT2D eigenvalue weighted by Crippen LogP contribution is -2.15. The molecule has 2 unspecified atom stereocenters. The van der Waals surface area contributed by atoms with E-state index in [2.05, 4.69) is 23.6 Å². The normalized spacial score (nSPS) is 19.4. The van der Waals surface area contributed by atoms with Crippen LogP contribution in [0.2, 0.25) is 5.02 Å². The SMILES string of the molecule is CCNCc1cccc(NC(=O)C2CC2c2cccc(Cl)c2)c1. The van der Waals surface area contributed by atoms with Gasteiger partial charge in [-0.25, -0.2) is 0 Å². The maximum absolute atomic E-state index is 12.4. The molecule has 1 aliphatic rings. The second-order valence-electron chi connectivity index (χ2n) is 5.97. The van der Waals surface area contributed by atoms with Gasteiger partial charge in [0.1, 0.15) is 0 Å². The molecule has 0 spiro atoms. The third-order valence-corrected chi connectivity index (χ3v) is 4.41. The Hall–Kier alpha value is -1.84. The average molecular weight is 329 g/mol. The highest BCUT2D eigenvalue weighted by molar-refractivity contribution is 6.30. The molecular weight excluding hydrogens is 308 g/mol. The second-order valence-corrected chi connectivity index (χ2v) is 6.41. The van der Waals surface area contributed by atoms with Gasteiger partial charge in [0.15, 0.2) is 0 Å². The number of benzene rings is 2. The van der Waals surface area contributed by atoms with E-state index in [-0.39, 0.29) is 11.8 Å². The number of hydrogen-bond acceptors (Lipinski definition) is 2. The number of nitrogens with one attached hydrogen (secondary N) is 2. The summed E-state index contributed by atoms with van der Waals surface area (Å²) in [6.07, 6.45) is 0.892. The Balaban J connectivity index is 1.60. The Bertz CT molecular complexity index is 701. The fourth-order valence-corrected chi connectivity index (χ4v) is 3.05. The van der Waals surface area contributed by atoms with Crippen molar-refractivity contribution in [2.24, 2.45) is 5.92 Å². The summed E-state index contributed by atoms with van der Waals surface area (Å²) in [6.45, 7) is 3.82. The zero-order valence-electron chi connectivity index (χ0n) is 13.2. The van der Waals surface area contributed by atoms with Gasteiger partial charge in [-0.1, -0.05) is 42.8 Å². The molecule has 23 heavy (non-hydrogen) atoms. The third-order valence-electron chi connectivity index (χ3n) is 4.18. The van der Waals surface area contributed by atoms with Gasteiger partial charge in [-0.3, -0.25) is 4.79 Å². The van der Waals surface area contributed by atoms with Crippen LogP contribution in [0, 0.1) is 5.92 Å². The Kier molecular flexibility index (Phi) is 4.99. The van der Waals surface area contributed by atoms with Crippen LogP contribution in [0.5, 0.6) is 0 Å².